The van der Waals surface area contributed by atoms with Crippen molar-refractivity contribution in [2.24, 2.45) is 0 Å². The van der Waals surface area contributed by atoms with Crippen molar-refractivity contribution in [2.45, 2.75) is 23.4 Å². The van der Waals surface area contributed by atoms with Crippen LogP contribution in [0.3, 0.4) is 0 Å². The highest BCUT2D eigenvalue weighted by Gasteiger charge is 2.37. The molecule has 0 heterocycles. The Labute approximate surface area is 140 Å². The first-order valence-corrected chi connectivity index (χ1v) is 8.59. The molecule has 1 unspecified atom stereocenters. The quantitative estimate of drug-likeness (QED) is 0.842. The number of rotatable bonds is 3. The molecule has 1 aliphatic carbocycles. The van der Waals surface area contributed by atoms with Crippen LogP contribution in [0.5, 0.6) is 0 Å². The largest absolute Gasteiger partial charge is 0.419 e. The van der Waals surface area contributed by atoms with E-state index in [1.165, 1.54) is 0 Å². The Kier molecular flexibility index (Phi) is 4.06. The number of alkyl halides is 3. The number of amides is 1. The molecule has 0 fully saturated rings. The maximum Gasteiger partial charge on any atom is 0.419 e. The van der Waals surface area contributed by atoms with Gasteiger partial charge in [0.1, 0.15) is 5.82 Å². The van der Waals surface area contributed by atoms with Gasteiger partial charge in [-0.25, -0.2) is 17.5 Å². The van der Waals surface area contributed by atoms with Gasteiger partial charge in [-0.3, -0.25) is 4.79 Å². The zero-order chi connectivity index (χ0) is 18.4. The predicted octanol–water partition coefficient (Wildman–Crippen LogP) is 2.99. The lowest BCUT2D eigenvalue weighted by molar-refractivity contribution is -0.140. The van der Waals surface area contributed by atoms with Crippen LogP contribution in [0.25, 0.3) is 0 Å². The summed E-state index contributed by atoms with van der Waals surface area (Å²) in [6.07, 6.45) is -4.71. The van der Waals surface area contributed by atoms with Gasteiger partial charge in [-0.15, -0.1) is 0 Å². The molecule has 0 aliphatic heterocycles. The third-order valence-corrected chi connectivity index (χ3v) is 5.30. The zero-order valence-corrected chi connectivity index (χ0v) is 13.3. The van der Waals surface area contributed by atoms with Crippen molar-refractivity contribution in [1.82, 2.24) is 4.72 Å². The van der Waals surface area contributed by atoms with E-state index < -0.39 is 44.3 Å². The van der Waals surface area contributed by atoms with Gasteiger partial charge in [0.2, 0.25) is 5.91 Å². The van der Waals surface area contributed by atoms with Crippen molar-refractivity contribution in [3.8, 4) is 0 Å². The van der Waals surface area contributed by atoms with Crippen LogP contribution in [0.4, 0.5) is 17.6 Å². The molecule has 1 N–H and O–H groups in total. The molecule has 25 heavy (non-hydrogen) atoms. The molecular formula is C16H11F4NO3S. The molecule has 0 radical (unpaired) electrons. The molecule has 9 heteroatoms. The lowest BCUT2D eigenvalue weighted by Gasteiger charge is -2.28. The second kappa shape index (κ2) is 5.83. The fourth-order valence-electron chi connectivity index (χ4n) is 2.64. The Bertz CT molecular complexity index is 954. The maximum absolute atomic E-state index is 13.3. The van der Waals surface area contributed by atoms with Crippen molar-refractivity contribution >= 4 is 15.9 Å². The normalized spacial score (nSPS) is 16.7. The second-order valence-corrected chi connectivity index (χ2v) is 7.25. The van der Waals surface area contributed by atoms with E-state index in [-0.39, 0.29) is 6.07 Å². The average molecular weight is 373 g/mol. The van der Waals surface area contributed by atoms with Crippen molar-refractivity contribution in [3.63, 3.8) is 0 Å². The van der Waals surface area contributed by atoms with Crippen LogP contribution in [-0.2, 0) is 27.4 Å². The van der Waals surface area contributed by atoms with Gasteiger partial charge in [-0.2, -0.15) is 13.2 Å². The van der Waals surface area contributed by atoms with Crippen LogP contribution in [0.2, 0.25) is 0 Å². The van der Waals surface area contributed by atoms with Crippen molar-refractivity contribution in [2.75, 3.05) is 0 Å². The summed E-state index contributed by atoms with van der Waals surface area (Å²) in [4.78, 5) is 11.3. The summed E-state index contributed by atoms with van der Waals surface area (Å²) in [6.45, 7) is 0. The van der Waals surface area contributed by atoms with Crippen LogP contribution in [0, 0.1) is 5.82 Å². The Morgan fingerprint density at radius 1 is 1.12 bits per heavy atom. The molecule has 2 aromatic rings. The van der Waals surface area contributed by atoms with Gasteiger partial charge in [-0.05, 0) is 35.7 Å². The maximum atomic E-state index is 13.3. The third kappa shape index (κ3) is 3.23. The summed E-state index contributed by atoms with van der Waals surface area (Å²) in [5.41, 5.74) is -0.136. The number of hydrogen-bond donors (Lipinski definition) is 1. The van der Waals surface area contributed by atoms with E-state index in [2.05, 4.69) is 0 Å². The van der Waals surface area contributed by atoms with E-state index in [1.54, 1.807) is 29.0 Å². The molecule has 0 saturated heterocycles. The van der Waals surface area contributed by atoms with Gasteiger partial charge in [0.05, 0.1) is 16.4 Å². The first kappa shape index (κ1) is 17.4. The smallest absolute Gasteiger partial charge is 0.273 e. The van der Waals surface area contributed by atoms with Crippen molar-refractivity contribution in [3.05, 3.63) is 65.0 Å². The van der Waals surface area contributed by atoms with Crippen LogP contribution in [0.1, 0.15) is 22.6 Å². The lowest BCUT2D eigenvalue weighted by atomic mass is 9.77. The standard InChI is InChI=1S/C16H11F4NO3S/c17-14-6-5-10(8-13(14)16(18,19)20)25(23,24)21-15(22)12-7-9-3-1-2-4-11(9)12/h1-6,8,12H,7H2,(H,21,22). The van der Waals surface area contributed by atoms with Crippen LogP contribution in [-0.4, -0.2) is 14.3 Å². The number of fused-ring (bicyclic) bond motifs is 1. The number of sulfonamides is 1. The summed E-state index contributed by atoms with van der Waals surface area (Å²) in [6, 6.07) is 8.19. The Balaban J connectivity index is 1.85. The zero-order valence-electron chi connectivity index (χ0n) is 12.5. The predicted molar refractivity (Wildman–Crippen MR) is 79.6 cm³/mol. The Hall–Kier alpha value is -2.42. The lowest BCUT2D eigenvalue weighted by Crippen LogP contribution is -2.39. The molecule has 1 aliphatic rings. The summed E-state index contributed by atoms with van der Waals surface area (Å²) >= 11 is 0. The topological polar surface area (TPSA) is 63.2 Å². The Morgan fingerprint density at radius 2 is 1.80 bits per heavy atom. The molecule has 0 aromatic heterocycles. The van der Waals surface area contributed by atoms with Crippen molar-refractivity contribution < 1.29 is 30.8 Å². The highest BCUT2D eigenvalue weighted by atomic mass is 32.2. The molecule has 132 valence electrons. The Morgan fingerprint density at radius 3 is 2.44 bits per heavy atom. The number of carbonyl (C=O) groups excluding carboxylic acids is 1. The fraction of sp³-hybridized carbons (Fsp3) is 0.188. The van der Waals surface area contributed by atoms with E-state index in [0.717, 1.165) is 5.56 Å². The minimum Gasteiger partial charge on any atom is -0.273 e. The number of benzene rings is 2. The minimum atomic E-state index is -5.05. The molecule has 3 rings (SSSR count). The van der Waals surface area contributed by atoms with Gasteiger partial charge in [0.25, 0.3) is 10.0 Å². The van der Waals surface area contributed by atoms with Gasteiger partial charge in [-0.1, -0.05) is 24.3 Å². The number of halogens is 4. The molecule has 0 bridgehead atoms. The second-order valence-electron chi connectivity index (χ2n) is 5.56. The fourth-order valence-corrected chi connectivity index (χ4v) is 3.69. The van der Waals surface area contributed by atoms with Gasteiger partial charge in [0, 0.05) is 0 Å². The molecule has 0 saturated carbocycles. The first-order chi connectivity index (χ1) is 11.6. The molecule has 2 aromatic carbocycles. The number of hydrogen-bond acceptors (Lipinski definition) is 3. The van der Waals surface area contributed by atoms with Gasteiger partial charge < -0.3 is 0 Å². The highest BCUT2D eigenvalue weighted by molar-refractivity contribution is 7.90. The van der Waals surface area contributed by atoms with Crippen LogP contribution < -0.4 is 4.72 Å². The number of nitrogens with one attached hydrogen (secondary N) is 1. The van der Waals surface area contributed by atoms with E-state index in [9.17, 15) is 30.8 Å². The van der Waals surface area contributed by atoms with E-state index in [1.807, 2.05) is 0 Å². The molecule has 0 spiro atoms. The molecule has 4 nitrogen and oxygen atoms in total. The SMILES string of the molecule is O=C(NS(=O)(=O)c1ccc(F)c(C(F)(F)F)c1)C1Cc2ccccc21. The minimum absolute atomic E-state index is 0.166. The molecule has 1 atom stereocenters. The van der Waals surface area contributed by atoms with E-state index >= 15 is 0 Å². The average Bonchev–Trinajstić information content (AvgIpc) is 2.47. The summed E-state index contributed by atoms with van der Waals surface area (Å²) in [5, 5.41) is 0. The monoisotopic (exact) mass is 373 g/mol. The van der Waals surface area contributed by atoms with Gasteiger partial charge >= 0.3 is 6.18 Å². The summed E-state index contributed by atoms with van der Waals surface area (Å²) < 4.78 is 77.5. The molecular weight excluding hydrogens is 362 g/mol. The van der Waals surface area contributed by atoms with E-state index in [4.69, 9.17) is 0 Å². The van der Waals surface area contributed by atoms with Crippen LogP contribution in [0.15, 0.2) is 47.4 Å². The molecule has 1 amide bonds. The van der Waals surface area contributed by atoms with Crippen LogP contribution >= 0.6 is 0 Å². The first-order valence-electron chi connectivity index (χ1n) is 7.11. The third-order valence-electron chi connectivity index (χ3n) is 3.96. The number of carbonyl (C=O) groups is 1. The van der Waals surface area contributed by atoms with E-state index in [0.29, 0.717) is 24.1 Å². The summed E-state index contributed by atoms with van der Waals surface area (Å²) in [7, 11) is -4.55. The van der Waals surface area contributed by atoms with Gasteiger partial charge in [0.15, 0.2) is 0 Å². The highest BCUT2D eigenvalue weighted by Crippen LogP contribution is 2.36. The van der Waals surface area contributed by atoms with Crippen molar-refractivity contribution in [1.29, 1.82) is 0 Å². The summed E-state index contributed by atoms with van der Waals surface area (Å²) in [5.74, 6) is -3.12.